The van der Waals surface area contributed by atoms with E-state index in [0.717, 1.165) is 5.56 Å². The highest BCUT2D eigenvalue weighted by molar-refractivity contribution is 5.81. The lowest BCUT2D eigenvalue weighted by Crippen LogP contribution is -2.49. The number of halogens is 4. The molecular weight excluding hydrogens is 490 g/mol. The Balaban J connectivity index is 1.34. The van der Waals surface area contributed by atoms with Crippen LogP contribution in [0, 0.1) is 5.92 Å². The minimum atomic E-state index is -4.63. The molecule has 7 nitrogen and oxygen atoms in total. The molecule has 1 aromatic carbocycles. The molecular formula is C26H23F4N5O2. The van der Waals surface area contributed by atoms with Crippen LogP contribution in [-0.2, 0) is 11.4 Å². The maximum Gasteiger partial charge on any atom is 0.406 e. The molecule has 3 heterocycles. The van der Waals surface area contributed by atoms with Gasteiger partial charge in [0, 0.05) is 23.9 Å². The molecule has 0 spiro atoms. The second kappa shape index (κ2) is 10.2. The van der Waals surface area contributed by atoms with Gasteiger partial charge in [-0.05, 0) is 60.9 Å². The van der Waals surface area contributed by atoms with Crippen molar-refractivity contribution in [3.8, 4) is 17.0 Å². The van der Waals surface area contributed by atoms with Crippen LogP contribution in [-0.4, -0.2) is 49.5 Å². The molecule has 0 bridgehead atoms. The van der Waals surface area contributed by atoms with E-state index in [1.165, 1.54) is 29.1 Å². The van der Waals surface area contributed by atoms with Gasteiger partial charge < -0.3 is 9.64 Å². The van der Waals surface area contributed by atoms with Gasteiger partial charge >= 0.3 is 6.18 Å². The third-order valence-electron chi connectivity index (χ3n) is 6.49. The standard InChI is InChI=1S/C26H23F4N5O2/c27-21-2-1-3-23-20(21)8-9-24(25(36)34(23)16-26(28,29)30)35-14-22(32-33-35)18-4-6-19(7-5-18)37-15-17-10-12-31-13-11-17/h1-7,10-14,20,23-24H,8-9,15-16H2. The van der Waals surface area contributed by atoms with Crippen molar-refractivity contribution < 1.29 is 27.1 Å². The first-order valence-corrected chi connectivity index (χ1v) is 11.7. The van der Waals surface area contributed by atoms with E-state index >= 15 is 0 Å². The average Bonchev–Trinajstić information content (AvgIpc) is 3.32. The van der Waals surface area contributed by atoms with Gasteiger partial charge in [-0.1, -0.05) is 17.4 Å². The number of hydrogen-bond acceptors (Lipinski definition) is 5. The molecule has 0 saturated carbocycles. The fourth-order valence-electron chi connectivity index (χ4n) is 4.66. The van der Waals surface area contributed by atoms with Crippen molar-refractivity contribution in [2.75, 3.05) is 6.54 Å². The lowest BCUT2D eigenvalue weighted by atomic mass is 9.89. The van der Waals surface area contributed by atoms with E-state index in [1.54, 1.807) is 36.7 Å². The van der Waals surface area contributed by atoms with Crippen LogP contribution in [0.25, 0.3) is 11.3 Å². The molecule has 192 valence electrons. The topological polar surface area (TPSA) is 73.1 Å². The van der Waals surface area contributed by atoms with Gasteiger partial charge in [0.25, 0.3) is 0 Å². The van der Waals surface area contributed by atoms with Crippen LogP contribution < -0.4 is 4.74 Å². The lowest BCUT2D eigenvalue weighted by Gasteiger charge is -2.35. The van der Waals surface area contributed by atoms with Gasteiger partial charge in [0.15, 0.2) is 0 Å². The summed E-state index contributed by atoms with van der Waals surface area (Å²) in [6, 6.07) is 8.76. The lowest BCUT2D eigenvalue weighted by molar-refractivity contribution is -0.166. The van der Waals surface area contributed by atoms with Gasteiger partial charge in [0.2, 0.25) is 5.91 Å². The Labute approximate surface area is 210 Å². The number of hydrogen-bond donors (Lipinski definition) is 0. The van der Waals surface area contributed by atoms with E-state index in [9.17, 15) is 22.4 Å². The Morgan fingerprint density at radius 2 is 1.81 bits per heavy atom. The Morgan fingerprint density at radius 3 is 2.54 bits per heavy atom. The minimum Gasteiger partial charge on any atom is -0.489 e. The highest BCUT2D eigenvalue weighted by Gasteiger charge is 2.45. The first kappa shape index (κ1) is 24.7. The molecule has 2 aliphatic rings. The number of allylic oxidation sites excluding steroid dienone is 2. The zero-order valence-electron chi connectivity index (χ0n) is 19.6. The number of rotatable bonds is 6. The first-order valence-electron chi connectivity index (χ1n) is 11.7. The number of alkyl halides is 3. The van der Waals surface area contributed by atoms with Crippen LogP contribution in [0.1, 0.15) is 24.4 Å². The summed E-state index contributed by atoms with van der Waals surface area (Å²) < 4.78 is 61.7. The molecule has 1 saturated heterocycles. The largest absolute Gasteiger partial charge is 0.489 e. The average molecular weight is 513 g/mol. The van der Waals surface area contributed by atoms with Crippen LogP contribution in [0.4, 0.5) is 17.6 Å². The summed E-state index contributed by atoms with van der Waals surface area (Å²) in [4.78, 5) is 18.0. The third kappa shape index (κ3) is 5.55. The number of benzene rings is 1. The van der Waals surface area contributed by atoms with E-state index in [1.807, 2.05) is 12.1 Å². The van der Waals surface area contributed by atoms with Crippen molar-refractivity contribution in [1.82, 2.24) is 24.9 Å². The maximum atomic E-state index is 14.5. The van der Waals surface area contributed by atoms with Gasteiger partial charge in [-0.25, -0.2) is 9.07 Å². The molecule has 3 atom stereocenters. The van der Waals surface area contributed by atoms with Crippen molar-refractivity contribution in [1.29, 1.82) is 0 Å². The monoisotopic (exact) mass is 513 g/mol. The number of amides is 1. The number of nitrogens with zero attached hydrogens (tertiary/aromatic N) is 5. The summed E-state index contributed by atoms with van der Waals surface area (Å²) in [7, 11) is 0. The van der Waals surface area contributed by atoms with Crippen LogP contribution in [0.3, 0.4) is 0 Å². The van der Waals surface area contributed by atoms with Gasteiger partial charge in [0.05, 0.1) is 12.2 Å². The molecule has 0 N–H and O–H groups in total. The molecule has 11 heteroatoms. The minimum absolute atomic E-state index is 0.133. The van der Waals surface area contributed by atoms with E-state index in [0.29, 0.717) is 28.5 Å². The quantitative estimate of drug-likeness (QED) is 0.431. The fraction of sp³-hybridized carbons (Fsp3) is 0.308. The molecule has 0 radical (unpaired) electrons. The molecule has 3 aromatic rings. The normalized spacial score (nSPS) is 21.8. The second-order valence-corrected chi connectivity index (χ2v) is 8.96. The van der Waals surface area contributed by atoms with E-state index in [4.69, 9.17) is 4.74 Å². The molecule has 3 unspecified atom stereocenters. The summed E-state index contributed by atoms with van der Waals surface area (Å²) in [6.07, 6.45) is 4.63. The predicted molar refractivity (Wildman–Crippen MR) is 126 cm³/mol. The second-order valence-electron chi connectivity index (χ2n) is 8.96. The number of likely N-dealkylation sites (tertiary alicyclic amines) is 1. The highest BCUT2D eigenvalue weighted by atomic mass is 19.4. The van der Waals surface area contributed by atoms with Crippen molar-refractivity contribution in [3.63, 3.8) is 0 Å². The smallest absolute Gasteiger partial charge is 0.406 e. The van der Waals surface area contributed by atoms with Gasteiger partial charge in [-0.2, -0.15) is 13.2 Å². The number of carbonyl (C=O) groups is 1. The zero-order valence-corrected chi connectivity index (χ0v) is 19.6. The van der Waals surface area contributed by atoms with Crippen LogP contribution in [0.15, 0.2) is 79.0 Å². The number of fused-ring (bicyclic) bond motifs is 1. The number of aromatic nitrogens is 4. The maximum absolute atomic E-state index is 14.5. The summed E-state index contributed by atoms with van der Waals surface area (Å²) in [5.41, 5.74) is 2.12. The van der Waals surface area contributed by atoms with Crippen molar-refractivity contribution in [2.45, 2.75) is 37.7 Å². The van der Waals surface area contributed by atoms with Crippen LogP contribution >= 0.6 is 0 Å². The summed E-state index contributed by atoms with van der Waals surface area (Å²) >= 11 is 0. The van der Waals surface area contributed by atoms with Crippen molar-refractivity contribution >= 4 is 5.91 Å². The number of pyridine rings is 1. The van der Waals surface area contributed by atoms with Crippen LogP contribution in [0.5, 0.6) is 5.75 Å². The number of ether oxygens (including phenoxy) is 1. The Bertz CT molecular complexity index is 1300. The molecule has 2 aromatic heterocycles. The third-order valence-corrected chi connectivity index (χ3v) is 6.49. The number of carbonyl (C=O) groups excluding carboxylic acids is 1. The Hall–Kier alpha value is -4.02. The first-order chi connectivity index (χ1) is 17.8. The zero-order chi connectivity index (χ0) is 26.0. The molecule has 1 aliphatic carbocycles. The Kier molecular flexibility index (Phi) is 6.77. The van der Waals surface area contributed by atoms with Gasteiger partial charge in [0.1, 0.15) is 36.5 Å². The van der Waals surface area contributed by atoms with Crippen molar-refractivity contribution in [2.24, 2.45) is 5.92 Å². The molecule has 5 rings (SSSR count). The van der Waals surface area contributed by atoms with Gasteiger partial charge in [-0.3, -0.25) is 9.78 Å². The van der Waals surface area contributed by atoms with E-state index in [-0.39, 0.29) is 12.8 Å². The fourth-order valence-corrected chi connectivity index (χ4v) is 4.66. The summed E-state index contributed by atoms with van der Waals surface area (Å²) in [5.74, 6) is -1.48. The predicted octanol–water partition coefficient (Wildman–Crippen LogP) is 5.05. The summed E-state index contributed by atoms with van der Waals surface area (Å²) in [6.45, 7) is -1.09. The molecule has 1 fully saturated rings. The molecule has 1 aliphatic heterocycles. The highest BCUT2D eigenvalue weighted by Crippen LogP contribution is 2.38. The van der Waals surface area contributed by atoms with Gasteiger partial charge in [-0.15, -0.1) is 5.10 Å². The van der Waals surface area contributed by atoms with Crippen LogP contribution in [0.2, 0.25) is 0 Å². The van der Waals surface area contributed by atoms with E-state index < -0.39 is 42.5 Å². The SMILES string of the molecule is O=C1C(n2cc(-c3ccc(OCc4ccncc4)cc3)nn2)CCC2C(F)=CC=CC2N1CC(F)(F)F. The van der Waals surface area contributed by atoms with Crippen molar-refractivity contribution in [3.05, 3.63) is 84.6 Å². The van der Waals surface area contributed by atoms with E-state index in [2.05, 4.69) is 15.3 Å². The summed E-state index contributed by atoms with van der Waals surface area (Å²) in [5, 5.41) is 8.18. The Morgan fingerprint density at radius 1 is 1.05 bits per heavy atom. The molecule has 37 heavy (non-hydrogen) atoms. The molecule has 1 amide bonds.